The number of esters is 1. The molecule has 3 aromatic rings. The molecule has 3 aromatic carbocycles. The zero-order chi connectivity index (χ0) is 23.1. The van der Waals surface area contributed by atoms with Gasteiger partial charge in [-0.05, 0) is 67.9 Å². The van der Waals surface area contributed by atoms with Crippen molar-refractivity contribution in [1.82, 2.24) is 5.43 Å². The van der Waals surface area contributed by atoms with Crippen molar-refractivity contribution in [2.24, 2.45) is 5.10 Å². The number of carbonyl (C=O) groups excluding carboxylic acids is 2. The number of rotatable bonds is 7. The molecule has 6 nitrogen and oxygen atoms in total. The number of amides is 1. The molecule has 0 atom stereocenters. The molecule has 0 radical (unpaired) electrons. The third-order valence-electron chi connectivity index (χ3n) is 4.31. The molecular weight excluding hydrogens is 451 g/mol. The summed E-state index contributed by atoms with van der Waals surface area (Å²) >= 11 is 12.0. The Morgan fingerprint density at radius 2 is 1.75 bits per heavy atom. The van der Waals surface area contributed by atoms with Crippen molar-refractivity contribution in [2.75, 3.05) is 6.61 Å². The van der Waals surface area contributed by atoms with Gasteiger partial charge in [-0.1, -0.05) is 40.9 Å². The summed E-state index contributed by atoms with van der Waals surface area (Å²) in [4.78, 5) is 24.7. The highest BCUT2D eigenvalue weighted by Gasteiger charge is 2.16. The Labute approximate surface area is 195 Å². The van der Waals surface area contributed by atoms with Crippen molar-refractivity contribution >= 4 is 41.3 Å². The van der Waals surface area contributed by atoms with Gasteiger partial charge in [0.1, 0.15) is 0 Å². The van der Waals surface area contributed by atoms with Crippen molar-refractivity contribution in [1.29, 1.82) is 0 Å². The van der Waals surface area contributed by atoms with Crippen molar-refractivity contribution in [3.8, 4) is 11.5 Å². The highest BCUT2D eigenvalue weighted by molar-refractivity contribution is 6.36. The third kappa shape index (κ3) is 6.09. The molecule has 32 heavy (non-hydrogen) atoms. The summed E-state index contributed by atoms with van der Waals surface area (Å²) in [5.41, 5.74) is 4.87. The van der Waals surface area contributed by atoms with Crippen molar-refractivity contribution in [3.05, 3.63) is 93.0 Å². The maximum atomic E-state index is 12.5. The lowest BCUT2D eigenvalue weighted by molar-refractivity contribution is 0.0728. The van der Waals surface area contributed by atoms with E-state index in [0.717, 1.165) is 5.56 Å². The van der Waals surface area contributed by atoms with E-state index in [-0.39, 0.29) is 22.2 Å². The van der Waals surface area contributed by atoms with Crippen LogP contribution in [0.5, 0.6) is 11.5 Å². The van der Waals surface area contributed by atoms with E-state index in [4.69, 9.17) is 32.7 Å². The molecule has 0 heterocycles. The minimum absolute atomic E-state index is 0.183. The number of nitrogens with one attached hydrogen (secondary N) is 1. The number of benzene rings is 3. The van der Waals surface area contributed by atoms with Gasteiger partial charge < -0.3 is 9.47 Å². The zero-order valence-corrected chi connectivity index (χ0v) is 18.9. The first-order valence-corrected chi connectivity index (χ1v) is 10.5. The predicted octanol–water partition coefficient (Wildman–Crippen LogP) is 5.68. The van der Waals surface area contributed by atoms with Gasteiger partial charge in [-0.2, -0.15) is 5.10 Å². The Morgan fingerprint density at radius 1 is 1.00 bits per heavy atom. The summed E-state index contributed by atoms with van der Waals surface area (Å²) < 4.78 is 11.1. The van der Waals surface area contributed by atoms with Crippen LogP contribution in [0.25, 0.3) is 0 Å². The fourth-order valence-electron chi connectivity index (χ4n) is 2.70. The fourth-order valence-corrected chi connectivity index (χ4v) is 3.19. The Bertz CT molecular complexity index is 1160. The second-order valence-corrected chi connectivity index (χ2v) is 7.56. The van der Waals surface area contributed by atoms with Crippen LogP contribution in [0.15, 0.2) is 65.8 Å². The van der Waals surface area contributed by atoms with Gasteiger partial charge in [-0.3, -0.25) is 4.79 Å². The van der Waals surface area contributed by atoms with Gasteiger partial charge >= 0.3 is 5.97 Å². The van der Waals surface area contributed by atoms with E-state index in [1.807, 2.05) is 26.0 Å². The van der Waals surface area contributed by atoms with Crippen LogP contribution in [0.3, 0.4) is 0 Å². The Kier molecular flexibility index (Phi) is 7.87. The van der Waals surface area contributed by atoms with Gasteiger partial charge in [0, 0.05) is 10.6 Å². The van der Waals surface area contributed by atoms with Crippen LogP contribution in [-0.2, 0) is 0 Å². The van der Waals surface area contributed by atoms with E-state index >= 15 is 0 Å². The van der Waals surface area contributed by atoms with Crippen molar-refractivity contribution < 1.29 is 19.1 Å². The monoisotopic (exact) mass is 470 g/mol. The Morgan fingerprint density at radius 3 is 2.44 bits per heavy atom. The van der Waals surface area contributed by atoms with Gasteiger partial charge in [0.2, 0.25) is 0 Å². The summed E-state index contributed by atoms with van der Waals surface area (Å²) in [6.45, 7) is 4.11. The Balaban J connectivity index is 1.72. The smallest absolute Gasteiger partial charge is 0.345 e. The molecule has 0 fully saturated rings. The average Bonchev–Trinajstić information content (AvgIpc) is 2.76. The number of hydrogen-bond acceptors (Lipinski definition) is 5. The molecule has 8 heteroatoms. The molecule has 0 spiro atoms. The van der Waals surface area contributed by atoms with E-state index in [9.17, 15) is 9.59 Å². The van der Waals surface area contributed by atoms with Gasteiger partial charge in [-0.25, -0.2) is 10.2 Å². The summed E-state index contributed by atoms with van der Waals surface area (Å²) in [5, 5.41) is 4.59. The first-order valence-electron chi connectivity index (χ1n) is 9.71. The topological polar surface area (TPSA) is 77.0 Å². The minimum Gasteiger partial charge on any atom is -0.490 e. The van der Waals surface area contributed by atoms with E-state index in [1.165, 1.54) is 18.3 Å². The predicted molar refractivity (Wildman–Crippen MR) is 125 cm³/mol. The van der Waals surface area contributed by atoms with Gasteiger partial charge in [0.25, 0.3) is 5.91 Å². The molecule has 0 bridgehead atoms. The van der Waals surface area contributed by atoms with Gasteiger partial charge in [0.05, 0.1) is 23.4 Å². The SMILES string of the molecule is CCOc1cc(C=NNC(=O)c2ccc(C)cc2)ccc1OC(=O)c1ccc(Cl)cc1Cl. The molecule has 0 aliphatic rings. The van der Waals surface area contributed by atoms with E-state index in [2.05, 4.69) is 10.5 Å². The summed E-state index contributed by atoms with van der Waals surface area (Å²) in [6.07, 6.45) is 1.47. The fraction of sp³-hybridized carbons (Fsp3) is 0.125. The standard InChI is InChI=1S/C24H20Cl2N2O4/c1-3-31-22-12-16(14-27-28-23(29)17-7-4-15(2)5-8-17)6-11-21(22)32-24(30)19-10-9-18(25)13-20(19)26/h4-14H,3H2,1-2H3,(H,28,29). The van der Waals surface area contributed by atoms with Crippen LogP contribution < -0.4 is 14.9 Å². The van der Waals surface area contributed by atoms with Crippen LogP contribution in [-0.4, -0.2) is 24.7 Å². The lowest BCUT2D eigenvalue weighted by atomic mass is 10.1. The van der Waals surface area contributed by atoms with Crippen LogP contribution in [0.2, 0.25) is 10.0 Å². The summed E-state index contributed by atoms with van der Waals surface area (Å²) in [7, 11) is 0. The average molecular weight is 471 g/mol. The highest BCUT2D eigenvalue weighted by atomic mass is 35.5. The molecule has 3 rings (SSSR count). The number of ether oxygens (including phenoxy) is 2. The lowest BCUT2D eigenvalue weighted by Gasteiger charge is -2.12. The zero-order valence-electron chi connectivity index (χ0n) is 17.4. The van der Waals surface area contributed by atoms with Gasteiger partial charge in [0.15, 0.2) is 11.5 Å². The van der Waals surface area contributed by atoms with E-state index in [0.29, 0.717) is 28.5 Å². The summed E-state index contributed by atoms with van der Waals surface area (Å²) in [5.74, 6) is -0.389. The second kappa shape index (κ2) is 10.8. The second-order valence-electron chi connectivity index (χ2n) is 6.72. The molecule has 1 amide bonds. The molecule has 0 aliphatic carbocycles. The van der Waals surface area contributed by atoms with Crippen molar-refractivity contribution in [3.63, 3.8) is 0 Å². The molecule has 1 N–H and O–H groups in total. The largest absolute Gasteiger partial charge is 0.490 e. The maximum absolute atomic E-state index is 12.5. The quantitative estimate of drug-likeness (QED) is 0.208. The molecule has 0 aliphatic heterocycles. The number of hydrazone groups is 1. The Hall–Kier alpha value is -3.35. The highest BCUT2D eigenvalue weighted by Crippen LogP contribution is 2.30. The number of carbonyl (C=O) groups is 2. The molecular formula is C24H20Cl2N2O4. The minimum atomic E-state index is -0.639. The molecule has 164 valence electrons. The molecule has 0 unspecified atom stereocenters. The number of halogens is 2. The lowest BCUT2D eigenvalue weighted by Crippen LogP contribution is -2.17. The molecule has 0 aromatic heterocycles. The van der Waals surface area contributed by atoms with E-state index in [1.54, 1.807) is 36.4 Å². The number of aryl methyl sites for hydroxylation is 1. The maximum Gasteiger partial charge on any atom is 0.345 e. The van der Waals surface area contributed by atoms with Crippen LogP contribution in [0, 0.1) is 6.92 Å². The van der Waals surface area contributed by atoms with Crippen LogP contribution >= 0.6 is 23.2 Å². The first-order chi connectivity index (χ1) is 15.4. The third-order valence-corrected chi connectivity index (χ3v) is 4.86. The van der Waals surface area contributed by atoms with Crippen LogP contribution in [0.4, 0.5) is 0 Å². The normalized spacial score (nSPS) is 10.8. The van der Waals surface area contributed by atoms with Crippen LogP contribution in [0.1, 0.15) is 38.8 Å². The number of nitrogens with zero attached hydrogens (tertiary/aromatic N) is 1. The number of hydrogen-bond donors (Lipinski definition) is 1. The van der Waals surface area contributed by atoms with E-state index < -0.39 is 5.97 Å². The van der Waals surface area contributed by atoms with Crippen molar-refractivity contribution in [2.45, 2.75) is 13.8 Å². The molecule has 0 saturated heterocycles. The summed E-state index contributed by atoms with van der Waals surface area (Å²) in [6, 6.07) is 16.6. The molecule has 0 saturated carbocycles. The van der Waals surface area contributed by atoms with Gasteiger partial charge in [-0.15, -0.1) is 0 Å². The first kappa shape index (κ1) is 23.3.